The van der Waals surface area contributed by atoms with Crippen molar-refractivity contribution < 1.29 is 4.79 Å². The summed E-state index contributed by atoms with van der Waals surface area (Å²) in [5.41, 5.74) is 4.52. The second-order valence-electron chi connectivity index (χ2n) is 8.87. The molecule has 1 saturated heterocycles. The standard InChI is InChI=1S/C25H32ClN5O/c1-4-25(3,5-2)23(32)27-16-17-8-10-19(26)21(14-17)29-24-28-20-11-9-18(15-22(20)30-24)31-12-6-7-13-31/h8-11,14-15H,4-7,12-13,16H2,1-3H3,(H,27,32)(H2,28,29,30). The highest BCUT2D eigenvalue weighted by molar-refractivity contribution is 6.33. The Kier molecular flexibility index (Phi) is 6.60. The third-order valence-corrected chi connectivity index (χ3v) is 7.11. The summed E-state index contributed by atoms with van der Waals surface area (Å²) in [6.45, 7) is 8.78. The van der Waals surface area contributed by atoms with Crippen LogP contribution in [0.3, 0.4) is 0 Å². The molecule has 6 nitrogen and oxygen atoms in total. The van der Waals surface area contributed by atoms with Crippen molar-refractivity contribution in [3.8, 4) is 0 Å². The van der Waals surface area contributed by atoms with E-state index >= 15 is 0 Å². The Morgan fingerprint density at radius 3 is 2.62 bits per heavy atom. The number of amides is 1. The lowest BCUT2D eigenvalue weighted by atomic mass is 9.84. The molecule has 32 heavy (non-hydrogen) atoms. The number of hydrogen-bond acceptors (Lipinski definition) is 4. The van der Waals surface area contributed by atoms with E-state index in [2.05, 4.69) is 52.6 Å². The highest BCUT2D eigenvalue weighted by Gasteiger charge is 2.28. The molecule has 0 unspecified atom stereocenters. The van der Waals surface area contributed by atoms with Crippen molar-refractivity contribution in [3.05, 3.63) is 47.0 Å². The van der Waals surface area contributed by atoms with Gasteiger partial charge in [-0.2, -0.15) is 0 Å². The number of nitrogens with one attached hydrogen (secondary N) is 3. The van der Waals surface area contributed by atoms with Crippen LogP contribution >= 0.6 is 11.6 Å². The molecule has 170 valence electrons. The van der Waals surface area contributed by atoms with Crippen LogP contribution in [-0.2, 0) is 11.3 Å². The van der Waals surface area contributed by atoms with Gasteiger partial charge in [0.2, 0.25) is 11.9 Å². The normalized spacial score (nSPS) is 14.2. The minimum atomic E-state index is -0.338. The molecule has 1 aliphatic heterocycles. The average Bonchev–Trinajstić information content (AvgIpc) is 3.48. The van der Waals surface area contributed by atoms with E-state index in [-0.39, 0.29) is 11.3 Å². The molecule has 4 rings (SSSR count). The smallest absolute Gasteiger partial charge is 0.226 e. The third-order valence-electron chi connectivity index (χ3n) is 6.78. The van der Waals surface area contributed by atoms with E-state index in [0.29, 0.717) is 17.5 Å². The molecule has 2 aromatic carbocycles. The van der Waals surface area contributed by atoms with Crippen molar-refractivity contribution in [1.82, 2.24) is 15.3 Å². The SMILES string of the molecule is CCC(C)(CC)C(=O)NCc1ccc(Cl)c(Nc2nc3cc(N4CCCC4)ccc3[nH]2)c1. The van der Waals surface area contributed by atoms with Crippen LogP contribution in [0.15, 0.2) is 36.4 Å². The first-order valence-corrected chi connectivity index (χ1v) is 11.9. The topological polar surface area (TPSA) is 73.1 Å². The van der Waals surface area contributed by atoms with Crippen LogP contribution in [0.1, 0.15) is 52.0 Å². The summed E-state index contributed by atoms with van der Waals surface area (Å²) >= 11 is 6.44. The van der Waals surface area contributed by atoms with Crippen LogP contribution in [0.25, 0.3) is 11.0 Å². The molecule has 1 fully saturated rings. The van der Waals surface area contributed by atoms with Gasteiger partial charge in [-0.05, 0) is 61.6 Å². The molecule has 2 heterocycles. The number of imidazole rings is 1. The maximum Gasteiger partial charge on any atom is 0.226 e. The van der Waals surface area contributed by atoms with Crippen molar-refractivity contribution in [2.24, 2.45) is 5.41 Å². The maximum absolute atomic E-state index is 12.6. The monoisotopic (exact) mass is 453 g/mol. The van der Waals surface area contributed by atoms with Crippen LogP contribution in [0.5, 0.6) is 0 Å². The second-order valence-corrected chi connectivity index (χ2v) is 9.28. The molecule has 0 saturated carbocycles. The third kappa shape index (κ3) is 4.70. The summed E-state index contributed by atoms with van der Waals surface area (Å²) in [5.74, 6) is 0.726. The number of benzene rings is 2. The summed E-state index contributed by atoms with van der Waals surface area (Å²) in [6, 6.07) is 12.1. The molecule has 3 aromatic rings. The van der Waals surface area contributed by atoms with Crippen molar-refractivity contribution >= 4 is 45.9 Å². The molecule has 0 spiro atoms. The zero-order valence-electron chi connectivity index (χ0n) is 19.1. The number of halogens is 1. The Hall–Kier alpha value is -2.73. The molecule has 0 atom stereocenters. The summed E-state index contributed by atoms with van der Waals surface area (Å²) in [7, 11) is 0. The number of fused-ring (bicyclic) bond motifs is 1. The minimum absolute atomic E-state index is 0.0815. The van der Waals surface area contributed by atoms with E-state index in [4.69, 9.17) is 16.6 Å². The van der Waals surface area contributed by atoms with Gasteiger partial charge < -0.3 is 20.5 Å². The van der Waals surface area contributed by atoms with Crippen LogP contribution in [0, 0.1) is 5.41 Å². The number of aromatic amines is 1. The van der Waals surface area contributed by atoms with Crippen molar-refractivity contribution in [3.63, 3.8) is 0 Å². The van der Waals surface area contributed by atoms with Gasteiger partial charge >= 0.3 is 0 Å². The Bertz CT molecular complexity index is 1100. The van der Waals surface area contributed by atoms with Crippen LogP contribution in [0.4, 0.5) is 17.3 Å². The number of hydrogen-bond donors (Lipinski definition) is 3. The van der Waals surface area contributed by atoms with Gasteiger partial charge in [-0.3, -0.25) is 4.79 Å². The van der Waals surface area contributed by atoms with Crippen LogP contribution in [-0.4, -0.2) is 29.0 Å². The molecule has 0 radical (unpaired) electrons. The molecular weight excluding hydrogens is 422 g/mol. The minimum Gasteiger partial charge on any atom is -0.371 e. The molecule has 1 amide bonds. The van der Waals surface area contributed by atoms with E-state index in [1.165, 1.54) is 18.5 Å². The Labute approximate surface area is 194 Å². The highest BCUT2D eigenvalue weighted by Crippen LogP contribution is 2.29. The van der Waals surface area contributed by atoms with E-state index in [9.17, 15) is 4.79 Å². The van der Waals surface area contributed by atoms with Gasteiger partial charge in [0.25, 0.3) is 0 Å². The summed E-state index contributed by atoms with van der Waals surface area (Å²) in [5, 5.41) is 6.98. The lowest BCUT2D eigenvalue weighted by Gasteiger charge is -2.25. The fraction of sp³-hybridized carbons (Fsp3) is 0.440. The van der Waals surface area contributed by atoms with Gasteiger partial charge in [0, 0.05) is 30.7 Å². The van der Waals surface area contributed by atoms with E-state index in [0.717, 1.165) is 48.2 Å². The second kappa shape index (κ2) is 9.41. The van der Waals surface area contributed by atoms with E-state index in [1.54, 1.807) is 0 Å². The van der Waals surface area contributed by atoms with Crippen LogP contribution in [0.2, 0.25) is 5.02 Å². The predicted octanol–water partition coefficient (Wildman–Crippen LogP) is 6.00. The first-order valence-electron chi connectivity index (χ1n) is 11.5. The van der Waals surface area contributed by atoms with Gasteiger partial charge in [-0.25, -0.2) is 4.98 Å². The van der Waals surface area contributed by atoms with Gasteiger partial charge in [-0.1, -0.05) is 38.4 Å². The lowest BCUT2D eigenvalue weighted by Crippen LogP contribution is -2.37. The number of H-pyrrole nitrogens is 1. The average molecular weight is 454 g/mol. The first-order chi connectivity index (χ1) is 15.4. The van der Waals surface area contributed by atoms with Gasteiger partial charge in [-0.15, -0.1) is 0 Å². The van der Waals surface area contributed by atoms with Crippen molar-refractivity contribution in [2.75, 3.05) is 23.3 Å². The summed E-state index contributed by atoms with van der Waals surface area (Å²) in [4.78, 5) is 23.0. The summed E-state index contributed by atoms with van der Waals surface area (Å²) < 4.78 is 0. The van der Waals surface area contributed by atoms with Gasteiger partial charge in [0.15, 0.2) is 0 Å². The largest absolute Gasteiger partial charge is 0.371 e. The number of carbonyl (C=O) groups is 1. The molecular formula is C25H32ClN5O. The fourth-order valence-electron chi connectivity index (χ4n) is 4.10. The molecule has 1 aromatic heterocycles. The van der Waals surface area contributed by atoms with Gasteiger partial charge in [0.1, 0.15) is 0 Å². The van der Waals surface area contributed by atoms with E-state index < -0.39 is 0 Å². The van der Waals surface area contributed by atoms with Crippen LogP contribution < -0.4 is 15.5 Å². The molecule has 0 bridgehead atoms. The number of carbonyl (C=O) groups excluding carboxylic acids is 1. The Morgan fingerprint density at radius 2 is 1.91 bits per heavy atom. The van der Waals surface area contributed by atoms with Crippen molar-refractivity contribution in [1.29, 1.82) is 0 Å². The predicted molar refractivity (Wildman–Crippen MR) is 133 cm³/mol. The number of rotatable bonds is 8. The zero-order chi connectivity index (χ0) is 22.7. The zero-order valence-corrected chi connectivity index (χ0v) is 19.9. The molecule has 0 aliphatic carbocycles. The number of aromatic nitrogens is 2. The van der Waals surface area contributed by atoms with Crippen molar-refractivity contribution in [2.45, 2.75) is 53.0 Å². The Balaban J connectivity index is 1.48. The number of nitrogens with zero attached hydrogens (tertiary/aromatic N) is 2. The Morgan fingerprint density at radius 1 is 1.16 bits per heavy atom. The lowest BCUT2D eigenvalue weighted by molar-refractivity contribution is -0.130. The van der Waals surface area contributed by atoms with Gasteiger partial charge in [0.05, 0.1) is 21.7 Å². The fourth-order valence-corrected chi connectivity index (χ4v) is 4.26. The molecule has 1 aliphatic rings. The quantitative estimate of drug-likeness (QED) is 0.391. The highest BCUT2D eigenvalue weighted by atomic mass is 35.5. The molecule has 7 heteroatoms. The first kappa shape index (κ1) is 22.5. The van der Waals surface area contributed by atoms with E-state index in [1.807, 2.05) is 25.1 Å². The number of anilines is 3. The summed E-state index contributed by atoms with van der Waals surface area (Å²) in [6.07, 6.45) is 4.12. The maximum atomic E-state index is 12.6. The molecule has 3 N–H and O–H groups in total.